The molecule has 0 radical (unpaired) electrons. The predicted octanol–water partition coefficient (Wildman–Crippen LogP) is 1.86. The molecule has 2 N–H and O–H groups in total. The van der Waals surface area contributed by atoms with E-state index in [4.69, 9.17) is 0 Å². The van der Waals surface area contributed by atoms with Crippen LogP contribution in [0, 0.1) is 0 Å². The molecular formula is C20H33N3O2. The summed E-state index contributed by atoms with van der Waals surface area (Å²) in [5.41, 5.74) is 0.509. The SMILES string of the molecule is CCN(CC(C)(C)O)C(C)C(=O)NC1CCN(Cc2ccccc2)C1. The van der Waals surface area contributed by atoms with Gasteiger partial charge in [0.2, 0.25) is 5.91 Å². The Balaban J connectivity index is 1.82. The van der Waals surface area contributed by atoms with Crippen molar-refractivity contribution in [3.63, 3.8) is 0 Å². The van der Waals surface area contributed by atoms with E-state index < -0.39 is 5.60 Å². The number of amides is 1. The molecule has 2 atom stereocenters. The molecule has 1 aromatic rings. The van der Waals surface area contributed by atoms with Gasteiger partial charge in [-0.15, -0.1) is 0 Å². The summed E-state index contributed by atoms with van der Waals surface area (Å²) < 4.78 is 0. The topological polar surface area (TPSA) is 55.8 Å². The van der Waals surface area contributed by atoms with Crippen LogP contribution in [-0.2, 0) is 11.3 Å². The minimum absolute atomic E-state index is 0.0534. The second kappa shape index (κ2) is 8.79. The number of aliphatic hydroxyl groups is 1. The molecule has 0 aromatic heterocycles. The summed E-state index contributed by atoms with van der Waals surface area (Å²) in [4.78, 5) is 17.0. The van der Waals surface area contributed by atoms with E-state index in [9.17, 15) is 9.90 Å². The van der Waals surface area contributed by atoms with Crippen LogP contribution in [0.5, 0.6) is 0 Å². The molecule has 0 saturated carbocycles. The van der Waals surface area contributed by atoms with Crippen LogP contribution in [0.2, 0.25) is 0 Å². The second-order valence-electron chi connectivity index (χ2n) is 7.77. The minimum atomic E-state index is -0.801. The quantitative estimate of drug-likeness (QED) is 0.754. The summed E-state index contributed by atoms with van der Waals surface area (Å²) >= 11 is 0. The van der Waals surface area contributed by atoms with E-state index in [-0.39, 0.29) is 18.0 Å². The minimum Gasteiger partial charge on any atom is -0.389 e. The van der Waals surface area contributed by atoms with Gasteiger partial charge in [0.05, 0.1) is 11.6 Å². The van der Waals surface area contributed by atoms with Crippen molar-refractivity contribution in [1.82, 2.24) is 15.1 Å². The standard InChI is InChI=1S/C20H33N3O2/c1-5-23(15-20(3,4)25)16(2)19(24)21-18-11-12-22(14-18)13-17-9-7-6-8-10-17/h6-10,16,18,25H,5,11-15H2,1-4H3,(H,21,24). The first-order valence-corrected chi connectivity index (χ1v) is 9.31. The molecule has 2 unspecified atom stereocenters. The first kappa shape index (κ1) is 19.9. The average Bonchev–Trinajstić information content (AvgIpc) is 2.99. The molecule has 140 valence electrons. The van der Waals surface area contributed by atoms with Crippen LogP contribution >= 0.6 is 0 Å². The van der Waals surface area contributed by atoms with Gasteiger partial charge in [-0.25, -0.2) is 0 Å². The molecule has 1 aliphatic rings. The van der Waals surface area contributed by atoms with Crippen LogP contribution in [0.25, 0.3) is 0 Å². The molecule has 1 heterocycles. The number of benzene rings is 1. The molecule has 25 heavy (non-hydrogen) atoms. The molecule has 1 fully saturated rings. The van der Waals surface area contributed by atoms with E-state index in [1.165, 1.54) is 5.56 Å². The fourth-order valence-electron chi connectivity index (χ4n) is 3.44. The molecule has 1 aliphatic heterocycles. The van der Waals surface area contributed by atoms with Crippen molar-refractivity contribution in [2.24, 2.45) is 0 Å². The van der Waals surface area contributed by atoms with Crippen molar-refractivity contribution in [3.8, 4) is 0 Å². The van der Waals surface area contributed by atoms with Gasteiger partial charge < -0.3 is 10.4 Å². The van der Waals surface area contributed by atoms with Crippen LogP contribution in [0.1, 0.15) is 39.7 Å². The Morgan fingerprint density at radius 1 is 1.40 bits per heavy atom. The van der Waals surface area contributed by atoms with Crippen molar-refractivity contribution in [1.29, 1.82) is 0 Å². The number of nitrogens with one attached hydrogen (secondary N) is 1. The predicted molar refractivity (Wildman–Crippen MR) is 101 cm³/mol. The summed E-state index contributed by atoms with van der Waals surface area (Å²) in [5.74, 6) is 0.0534. The van der Waals surface area contributed by atoms with E-state index in [1.54, 1.807) is 13.8 Å². The smallest absolute Gasteiger partial charge is 0.237 e. The van der Waals surface area contributed by atoms with Crippen LogP contribution in [0.3, 0.4) is 0 Å². The maximum atomic E-state index is 12.6. The lowest BCUT2D eigenvalue weighted by molar-refractivity contribution is -0.127. The lowest BCUT2D eigenvalue weighted by Gasteiger charge is -2.32. The summed E-state index contributed by atoms with van der Waals surface area (Å²) in [6, 6.07) is 10.4. The van der Waals surface area contributed by atoms with Gasteiger partial charge in [-0.1, -0.05) is 37.3 Å². The number of rotatable bonds is 8. The van der Waals surface area contributed by atoms with E-state index in [0.717, 1.165) is 32.6 Å². The molecule has 1 saturated heterocycles. The Bertz CT molecular complexity index is 542. The van der Waals surface area contributed by atoms with Gasteiger partial charge in [-0.05, 0) is 39.3 Å². The van der Waals surface area contributed by atoms with Crippen molar-refractivity contribution >= 4 is 5.91 Å². The highest BCUT2D eigenvalue weighted by molar-refractivity contribution is 5.81. The molecule has 5 nitrogen and oxygen atoms in total. The third-order valence-electron chi connectivity index (χ3n) is 4.79. The zero-order valence-corrected chi connectivity index (χ0v) is 16.0. The van der Waals surface area contributed by atoms with Gasteiger partial charge in [-0.2, -0.15) is 0 Å². The van der Waals surface area contributed by atoms with Gasteiger partial charge in [-0.3, -0.25) is 14.6 Å². The third kappa shape index (κ3) is 6.42. The lowest BCUT2D eigenvalue weighted by Crippen LogP contribution is -2.52. The highest BCUT2D eigenvalue weighted by Crippen LogP contribution is 2.14. The number of hydrogen-bond donors (Lipinski definition) is 2. The second-order valence-corrected chi connectivity index (χ2v) is 7.77. The molecule has 5 heteroatoms. The van der Waals surface area contributed by atoms with Gasteiger partial charge in [0.15, 0.2) is 0 Å². The van der Waals surface area contributed by atoms with E-state index in [1.807, 2.05) is 24.8 Å². The van der Waals surface area contributed by atoms with Gasteiger partial charge in [0.1, 0.15) is 0 Å². The number of hydrogen-bond acceptors (Lipinski definition) is 4. The van der Waals surface area contributed by atoms with Gasteiger partial charge >= 0.3 is 0 Å². The molecule has 0 bridgehead atoms. The Kier molecular flexibility index (Phi) is 6.99. The van der Waals surface area contributed by atoms with Crippen LogP contribution in [0.4, 0.5) is 0 Å². The van der Waals surface area contributed by atoms with Crippen molar-refractivity contribution in [2.45, 2.75) is 58.3 Å². The lowest BCUT2D eigenvalue weighted by atomic mass is 10.1. The highest BCUT2D eigenvalue weighted by Gasteiger charge is 2.29. The average molecular weight is 348 g/mol. The molecule has 1 aromatic carbocycles. The van der Waals surface area contributed by atoms with Crippen molar-refractivity contribution < 1.29 is 9.90 Å². The zero-order chi connectivity index (χ0) is 18.4. The van der Waals surface area contributed by atoms with E-state index in [0.29, 0.717) is 6.54 Å². The van der Waals surface area contributed by atoms with Crippen molar-refractivity contribution in [3.05, 3.63) is 35.9 Å². The maximum Gasteiger partial charge on any atom is 0.237 e. The molecular weight excluding hydrogens is 314 g/mol. The number of likely N-dealkylation sites (tertiary alicyclic amines) is 1. The number of likely N-dealkylation sites (N-methyl/N-ethyl adjacent to an activating group) is 1. The van der Waals surface area contributed by atoms with Crippen LogP contribution in [-0.4, -0.2) is 64.7 Å². The maximum absolute atomic E-state index is 12.6. The Labute approximate surface area is 152 Å². The van der Waals surface area contributed by atoms with Gasteiger partial charge in [0.25, 0.3) is 0 Å². The molecule has 0 aliphatic carbocycles. The molecule has 2 rings (SSSR count). The van der Waals surface area contributed by atoms with E-state index in [2.05, 4.69) is 34.5 Å². The largest absolute Gasteiger partial charge is 0.389 e. The Morgan fingerprint density at radius 3 is 2.68 bits per heavy atom. The molecule has 0 spiro atoms. The zero-order valence-electron chi connectivity index (χ0n) is 16.0. The third-order valence-corrected chi connectivity index (χ3v) is 4.79. The van der Waals surface area contributed by atoms with Gasteiger partial charge in [0, 0.05) is 32.2 Å². The number of nitrogens with zero attached hydrogens (tertiary/aromatic N) is 2. The Hall–Kier alpha value is -1.43. The first-order valence-electron chi connectivity index (χ1n) is 9.31. The van der Waals surface area contributed by atoms with Crippen LogP contribution < -0.4 is 5.32 Å². The summed E-state index contributed by atoms with van der Waals surface area (Å²) in [5, 5.41) is 13.2. The fraction of sp³-hybridized carbons (Fsp3) is 0.650. The Morgan fingerprint density at radius 2 is 2.08 bits per heavy atom. The number of carbonyl (C=O) groups excluding carboxylic acids is 1. The van der Waals surface area contributed by atoms with E-state index >= 15 is 0 Å². The monoisotopic (exact) mass is 347 g/mol. The first-order chi connectivity index (χ1) is 11.8. The summed E-state index contributed by atoms with van der Waals surface area (Å²) in [6.45, 7) is 11.6. The normalized spacial score (nSPS) is 20.0. The van der Waals surface area contributed by atoms with Crippen LogP contribution in [0.15, 0.2) is 30.3 Å². The summed E-state index contributed by atoms with van der Waals surface area (Å²) in [7, 11) is 0. The number of carbonyl (C=O) groups is 1. The summed E-state index contributed by atoms with van der Waals surface area (Å²) in [6.07, 6.45) is 0.989. The highest BCUT2D eigenvalue weighted by atomic mass is 16.3. The molecule has 1 amide bonds. The van der Waals surface area contributed by atoms with Crippen molar-refractivity contribution in [2.75, 3.05) is 26.2 Å². The fourth-order valence-corrected chi connectivity index (χ4v) is 3.44.